The summed E-state index contributed by atoms with van der Waals surface area (Å²) >= 11 is 0. The number of hydrogen-bond donors (Lipinski definition) is 2. The molecular formula is C16H23N5. The summed E-state index contributed by atoms with van der Waals surface area (Å²) in [6.07, 6.45) is 0.811. The van der Waals surface area contributed by atoms with Crippen molar-refractivity contribution in [1.82, 2.24) is 9.97 Å². The maximum absolute atomic E-state index is 4.53. The van der Waals surface area contributed by atoms with Crippen molar-refractivity contribution in [2.45, 2.75) is 20.3 Å². The van der Waals surface area contributed by atoms with E-state index in [1.807, 2.05) is 32.3 Å². The van der Waals surface area contributed by atoms with E-state index in [0.29, 0.717) is 0 Å². The van der Waals surface area contributed by atoms with Gasteiger partial charge in [-0.25, -0.2) is 9.97 Å². The average molecular weight is 285 g/mol. The summed E-state index contributed by atoms with van der Waals surface area (Å²) in [5.41, 5.74) is 2.17. The molecule has 112 valence electrons. The molecule has 0 aliphatic rings. The van der Waals surface area contributed by atoms with E-state index < -0.39 is 0 Å². The van der Waals surface area contributed by atoms with Crippen LogP contribution >= 0.6 is 0 Å². The first-order chi connectivity index (χ1) is 10.1. The first-order valence-electron chi connectivity index (χ1n) is 7.28. The fourth-order valence-electron chi connectivity index (χ4n) is 2.00. The van der Waals surface area contributed by atoms with Crippen LogP contribution in [0.4, 0.5) is 23.0 Å². The number of anilines is 4. The van der Waals surface area contributed by atoms with Gasteiger partial charge in [0.15, 0.2) is 0 Å². The van der Waals surface area contributed by atoms with Gasteiger partial charge in [-0.15, -0.1) is 0 Å². The highest BCUT2D eigenvalue weighted by Crippen LogP contribution is 2.22. The molecule has 0 fully saturated rings. The highest BCUT2D eigenvalue weighted by Gasteiger charge is 2.04. The summed E-state index contributed by atoms with van der Waals surface area (Å²) in [5, 5.41) is 6.59. The van der Waals surface area contributed by atoms with Crippen LogP contribution in [0, 0.1) is 0 Å². The summed E-state index contributed by atoms with van der Waals surface area (Å²) in [6.45, 7) is 4.96. The van der Waals surface area contributed by atoms with Crippen molar-refractivity contribution in [3.05, 3.63) is 36.2 Å². The fourth-order valence-corrected chi connectivity index (χ4v) is 2.00. The van der Waals surface area contributed by atoms with E-state index in [2.05, 4.69) is 51.5 Å². The van der Waals surface area contributed by atoms with Crippen molar-refractivity contribution in [2.75, 3.05) is 36.2 Å². The second kappa shape index (κ2) is 6.92. The predicted molar refractivity (Wildman–Crippen MR) is 89.6 cm³/mol. The standard InChI is InChI=1S/C16H23N5/c1-5-14-19-15(17-6-2)11-16(20-14)18-12-8-7-9-13(10-12)21(3)4/h7-11H,5-6H2,1-4H3,(H2,17,18,19,20). The van der Waals surface area contributed by atoms with Gasteiger partial charge >= 0.3 is 0 Å². The van der Waals surface area contributed by atoms with E-state index in [0.717, 1.165) is 41.8 Å². The molecule has 5 nitrogen and oxygen atoms in total. The molecular weight excluding hydrogens is 262 g/mol. The molecule has 2 aromatic rings. The van der Waals surface area contributed by atoms with Crippen LogP contribution in [0.5, 0.6) is 0 Å². The number of aromatic nitrogens is 2. The normalized spacial score (nSPS) is 10.3. The molecule has 0 atom stereocenters. The molecule has 0 radical (unpaired) electrons. The third-order valence-electron chi connectivity index (χ3n) is 3.08. The Labute approximate surface area is 126 Å². The minimum atomic E-state index is 0.811. The summed E-state index contributed by atoms with van der Waals surface area (Å²) in [5.74, 6) is 2.50. The van der Waals surface area contributed by atoms with Crippen LogP contribution in [-0.2, 0) is 6.42 Å². The lowest BCUT2D eigenvalue weighted by Gasteiger charge is -2.15. The SMILES string of the molecule is CCNc1cc(Nc2cccc(N(C)C)c2)nc(CC)n1. The number of aryl methyl sites for hydroxylation is 1. The summed E-state index contributed by atoms with van der Waals surface area (Å²) in [7, 11) is 4.06. The zero-order chi connectivity index (χ0) is 15.2. The smallest absolute Gasteiger partial charge is 0.136 e. The van der Waals surface area contributed by atoms with E-state index >= 15 is 0 Å². The van der Waals surface area contributed by atoms with Gasteiger partial charge in [0.25, 0.3) is 0 Å². The fraction of sp³-hybridized carbons (Fsp3) is 0.375. The molecule has 1 aromatic heterocycles. The number of nitrogens with one attached hydrogen (secondary N) is 2. The van der Waals surface area contributed by atoms with Gasteiger partial charge in [0, 0.05) is 44.5 Å². The van der Waals surface area contributed by atoms with Crippen molar-refractivity contribution in [2.24, 2.45) is 0 Å². The molecule has 21 heavy (non-hydrogen) atoms. The number of nitrogens with zero attached hydrogens (tertiary/aromatic N) is 3. The number of benzene rings is 1. The molecule has 2 N–H and O–H groups in total. The van der Waals surface area contributed by atoms with Gasteiger partial charge < -0.3 is 15.5 Å². The van der Waals surface area contributed by atoms with Gasteiger partial charge in [0.2, 0.25) is 0 Å². The average Bonchev–Trinajstić information content (AvgIpc) is 2.47. The first kappa shape index (κ1) is 15.1. The Morgan fingerprint density at radius 1 is 1.05 bits per heavy atom. The minimum Gasteiger partial charge on any atom is -0.378 e. The molecule has 0 amide bonds. The van der Waals surface area contributed by atoms with Crippen LogP contribution in [0.1, 0.15) is 19.7 Å². The molecule has 0 aliphatic heterocycles. The maximum atomic E-state index is 4.53. The first-order valence-corrected chi connectivity index (χ1v) is 7.28. The molecule has 0 spiro atoms. The lowest BCUT2D eigenvalue weighted by Crippen LogP contribution is -2.09. The number of rotatable bonds is 6. The quantitative estimate of drug-likeness (QED) is 0.853. The van der Waals surface area contributed by atoms with E-state index in [1.54, 1.807) is 0 Å². The molecule has 2 rings (SSSR count). The molecule has 0 saturated carbocycles. The highest BCUT2D eigenvalue weighted by atomic mass is 15.1. The Hall–Kier alpha value is -2.30. The molecule has 1 aromatic carbocycles. The molecule has 1 heterocycles. The molecule has 0 saturated heterocycles. The second-order valence-electron chi connectivity index (χ2n) is 5.01. The lowest BCUT2D eigenvalue weighted by atomic mass is 10.2. The van der Waals surface area contributed by atoms with Gasteiger partial charge in [0.1, 0.15) is 17.5 Å². The van der Waals surface area contributed by atoms with Crippen LogP contribution in [0.15, 0.2) is 30.3 Å². The Kier molecular flexibility index (Phi) is 4.98. The molecule has 0 unspecified atom stereocenters. The summed E-state index contributed by atoms with van der Waals surface area (Å²) < 4.78 is 0. The van der Waals surface area contributed by atoms with Gasteiger partial charge in [-0.1, -0.05) is 13.0 Å². The molecule has 0 bridgehead atoms. The van der Waals surface area contributed by atoms with Crippen LogP contribution in [-0.4, -0.2) is 30.6 Å². The van der Waals surface area contributed by atoms with Gasteiger partial charge in [-0.3, -0.25) is 0 Å². The van der Waals surface area contributed by atoms with Crippen molar-refractivity contribution in [1.29, 1.82) is 0 Å². The Balaban J connectivity index is 2.25. The van der Waals surface area contributed by atoms with Crippen molar-refractivity contribution >= 4 is 23.0 Å². The van der Waals surface area contributed by atoms with E-state index in [9.17, 15) is 0 Å². The monoisotopic (exact) mass is 285 g/mol. The van der Waals surface area contributed by atoms with Crippen LogP contribution in [0.2, 0.25) is 0 Å². The third-order valence-corrected chi connectivity index (χ3v) is 3.08. The minimum absolute atomic E-state index is 0.811. The largest absolute Gasteiger partial charge is 0.378 e. The predicted octanol–water partition coefficient (Wildman–Crippen LogP) is 3.28. The Morgan fingerprint density at radius 3 is 2.48 bits per heavy atom. The molecule has 5 heteroatoms. The van der Waals surface area contributed by atoms with Gasteiger partial charge in [0.05, 0.1) is 0 Å². The zero-order valence-electron chi connectivity index (χ0n) is 13.1. The van der Waals surface area contributed by atoms with Crippen molar-refractivity contribution in [3.8, 4) is 0 Å². The van der Waals surface area contributed by atoms with E-state index in [-0.39, 0.29) is 0 Å². The third kappa shape index (κ3) is 4.08. The summed E-state index contributed by atoms with van der Waals surface area (Å²) in [6, 6.07) is 10.2. The number of hydrogen-bond acceptors (Lipinski definition) is 5. The zero-order valence-corrected chi connectivity index (χ0v) is 13.1. The van der Waals surface area contributed by atoms with Crippen LogP contribution in [0.25, 0.3) is 0 Å². The van der Waals surface area contributed by atoms with Crippen LogP contribution in [0.3, 0.4) is 0 Å². The second-order valence-corrected chi connectivity index (χ2v) is 5.01. The lowest BCUT2D eigenvalue weighted by molar-refractivity contribution is 0.939. The van der Waals surface area contributed by atoms with Crippen molar-refractivity contribution in [3.63, 3.8) is 0 Å². The maximum Gasteiger partial charge on any atom is 0.136 e. The topological polar surface area (TPSA) is 53.1 Å². The Morgan fingerprint density at radius 2 is 1.81 bits per heavy atom. The van der Waals surface area contributed by atoms with E-state index in [1.165, 1.54) is 0 Å². The summed E-state index contributed by atoms with van der Waals surface area (Å²) in [4.78, 5) is 11.1. The van der Waals surface area contributed by atoms with E-state index in [4.69, 9.17) is 0 Å². The van der Waals surface area contributed by atoms with Gasteiger partial charge in [-0.05, 0) is 25.1 Å². The molecule has 0 aliphatic carbocycles. The van der Waals surface area contributed by atoms with Crippen LogP contribution < -0.4 is 15.5 Å². The highest BCUT2D eigenvalue weighted by molar-refractivity contribution is 5.64. The van der Waals surface area contributed by atoms with Crippen molar-refractivity contribution < 1.29 is 0 Å². The Bertz CT molecular complexity index is 595. The van der Waals surface area contributed by atoms with Gasteiger partial charge in [-0.2, -0.15) is 0 Å².